The second kappa shape index (κ2) is 9.27. The van der Waals surface area contributed by atoms with Gasteiger partial charge in [0.15, 0.2) is 5.16 Å². The summed E-state index contributed by atoms with van der Waals surface area (Å²) in [5, 5.41) is 5.52. The van der Waals surface area contributed by atoms with E-state index in [1.54, 1.807) is 6.92 Å². The van der Waals surface area contributed by atoms with Crippen molar-refractivity contribution in [3.63, 3.8) is 0 Å². The normalized spacial score (nSPS) is 10.6. The Labute approximate surface area is 167 Å². The summed E-state index contributed by atoms with van der Waals surface area (Å²) in [6.45, 7) is 4.80. The highest BCUT2D eigenvalue weighted by Gasteiger charge is 2.15. The lowest BCUT2D eigenvalue weighted by atomic mass is 10.2. The standard InChI is InChI=1S/C20H22N4O3S/c1-3-21-19(26)23-18(25)13-28-20-22-16-7-5-6-8-17(16)24(20)14-9-11-15(12-10-14)27-4-2/h5-12H,3-4,13H2,1-2H3,(H2,21,23,25,26). The predicted molar refractivity (Wildman–Crippen MR) is 110 cm³/mol. The van der Waals surface area contributed by atoms with Crippen molar-refractivity contribution in [1.29, 1.82) is 0 Å². The first-order chi connectivity index (χ1) is 13.6. The van der Waals surface area contributed by atoms with Crippen LogP contribution in [0.15, 0.2) is 53.7 Å². The molecule has 146 valence electrons. The summed E-state index contributed by atoms with van der Waals surface area (Å²) in [6.07, 6.45) is 0. The number of para-hydroxylation sites is 2. The lowest BCUT2D eigenvalue weighted by Gasteiger charge is -2.10. The minimum Gasteiger partial charge on any atom is -0.494 e. The average Bonchev–Trinajstić information content (AvgIpc) is 3.06. The van der Waals surface area contributed by atoms with Gasteiger partial charge in [-0.1, -0.05) is 23.9 Å². The highest BCUT2D eigenvalue weighted by molar-refractivity contribution is 7.99. The van der Waals surface area contributed by atoms with Gasteiger partial charge < -0.3 is 10.1 Å². The van der Waals surface area contributed by atoms with Crippen molar-refractivity contribution >= 4 is 34.7 Å². The monoisotopic (exact) mass is 398 g/mol. The number of urea groups is 1. The van der Waals surface area contributed by atoms with Crippen LogP contribution in [-0.4, -0.2) is 40.4 Å². The zero-order valence-electron chi connectivity index (χ0n) is 15.8. The average molecular weight is 398 g/mol. The van der Waals surface area contributed by atoms with Gasteiger partial charge in [-0.15, -0.1) is 0 Å². The fourth-order valence-corrected chi connectivity index (χ4v) is 3.53. The first kappa shape index (κ1) is 19.8. The van der Waals surface area contributed by atoms with Gasteiger partial charge in [-0.3, -0.25) is 14.7 Å². The number of ether oxygens (including phenoxy) is 1. The summed E-state index contributed by atoms with van der Waals surface area (Å²) in [4.78, 5) is 28.2. The van der Waals surface area contributed by atoms with E-state index in [2.05, 4.69) is 15.6 Å². The molecule has 0 radical (unpaired) electrons. The molecule has 8 heteroatoms. The van der Waals surface area contributed by atoms with E-state index in [0.29, 0.717) is 18.3 Å². The van der Waals surface area contributed by atoms with Crippen LogP contribution in [0, 0.1) is 0 Å². The van der Waals surface area contributed by atoms with Crippen LogP contribution in [-0.2, 0) is 4.79 Å². The molecule has 2 aromatic carbocycles. The van der Waals surface area contributed by atoms with Crippen molar-refractivity contribution < 1.29 is 14.3 Å². The summed E-state index contributed by atoms with van der Waals surface area (Å²) in [6, 6.07) is 15.0. The second-order valence-electron chi connectivity index (χ2n) is 5.84. The number of fused-ring (bicyclic) bond motifs is 1. The van der Waals surface area contributed by atoms with Crippen LogP contribution in [0.5, 0.6) is 5.75 Å². The number of carbonyl (C=O) groups is 2. The molecule has 3 aromatic rings. The van der Waals surface area contributed by atoms with Crippen molar-refractivity contribution in [3.8, 4) is 11.4 Å². The Bertz CT molecular complexity index is 969. The number of rotatable bonds is 7. The Kier molecular flexibility index (Phi) is 6.54. The molecule has 0 bridgehead atoms. The number of hydrogen-bond donors (Lipinski definition) is 2. The van der Waals surface area contributed by atoms with E-state index in [4.69, 9.17) is 4.74 Å². The third kappa shape index (κ3) is 4.64. The molecule has 0 saturated heterocycles. The van der Waals surface area contributed by atoms with Crippen molar-refractivity contribution in [1.82, 2.24) is 20.2 Å². The molecule has 0 fully saturated rings. The van der Waals surface area contributed by atoms with Crippen molar-refractivity contribution in [2.45, 2.75) is 19.0 Å². The van der Waals surface area contributed by atoms with E-state index in [-0.39, 0.29) is 11.7 Å². The largest absolute Gasteiger partial charge is 0.494 e. The van der Waals surface area contributed by atoms with Crippen LogP contribution in [0.2, 0.25) is 0 Å². The van der Waals surface area contributed by atoms with Crippen LogP contribution in [0.4, 0.5) is 4.79 Å². The Balaban J connectivity index is 1.85. The minimum absolute atomic E-state index is 0.0808. The van der Waals surface area contributed by atoms with E-state index in [9.17, 15) is 9.59 Å². The van der Waals surface area contributed by atoms with E-state index in [0.717, 1.165) is 22.5 Å². The van der Waals surface area contributed by atoms with Crippen LogP contribution >= 0.6 is 11.8 Å². The smallest absolute Gasteiger partial charge is 0.321 e. The van der Waals surface area contributed by atoms with Crippen LogP contribution < -0.4 is 15.4 Å². The van der Waals surface area contributed by atoms with E-state index in [1.807, 2.05) is 60.0 Å². The molecule has 2 N–H and O–H groups in total. The summed E-state index contributed by atoms with van der Waals surface area (Å²) < 4.78 is 7.51. The molecule has 7 nitrogen and oxygen atoms in total. The molecule has 0 unspecified atom stereocenters. The zero-order chi connectivity index (χ0) is 19.9. The number of carbonyl (C=O) groups excluding carboxylic acids is 2. The van der Waals surface area contributed by atoms with E-state index in [1.165, 1.54) is 11.8 Å². The van der Waals surface area contributed by atoms with Gasteiger partial charge >= 0.3 is 6.03 Å². The lowest BCUT2D eigenvalue weighted by Crippen LogP contribution is -2.40. The third-order valence-electron chi connectivity index (χ3n) is 3.86. The maximum atomic E-state index is 12.0. The number of benzene rings is 2. The maximum absolute atomic E-state index is 12.0. The molecule has 0 aliphatic carbocycles. The Morgan fingerprint density at radius 1 is 1.11 bits per heavy atom. The fraction of sp³-hybridized carbons (Fsp3) is 0.250. The zero-order valence-corrected chi connectivity index (χ0v) is 16.6. The van der Waals surface area contributed by atoms with Crippen LogP contribution in [0.3, 0.4) is 0 Å². The molecule has 3 amide bonds. The Morgan fingerprint density at radius 2 is 1.86 bits per heavy atom. The molecular weight excluding hydrogens is 376 g/mol. The highest BCUT2D eigenvalue weighted by Crippen LogP contribution is 2.28. The topological polar surface area (TPSA) is 85.3 Å². The molecule has 0 aliphatic rings. The number of amides is 3. The molecule has 3 rings (SSSR count). The minimum atomic E-state index is -0.492. The number of nitrogens with one attached hydrogen (secondary N) is 2. The summed E-state index contributed by atoms with van der Waals surface area (Å²) >= 11 is 1.28. The number of imide groups is 1. The van der Waals surface area contributed by atoms with Gasteiger partial charge in [0, 0.05) is 12.2 Å². The predicted octanol–water partition coefficient (Wildman–Crippen LogP) is 3.36. The summed E-state index contributed by atoms with van der Waals surface area (Å²) in [5.74, 6) is 0.504. The third-order valence-corrected chi connectivity index (χ3v) is 4.80. The Morgan fingerprint density at radius 3 is 2.57 bits per heavy atom. The fourth-order valence-electron chi connectivity index (χ4n) is 2.71. The van der Waals surface area contributed by atoms with E-state index < -0.39 is 6.03 Å². The van der Waals surface area contributed by atoms with Crippen LogP contribution in [0.1, 0.15) is 13.8 Å². The summed E-state index contributed by atoms with van der Waals surface area (Å²) in [5.41, 5.74) is 2.70. The number of thioether (sulfide) groups is 1. The first-order valence-corrected chi connectivity index (χ1v) is 10.0. The van der Waals surface area contributed by atoms with Crippen molar-refractivity contribution in [2.24, 2.45) is 0 Å². The molecule has 1 aromatic heterocycles. The van der Waals surface area contributed by atoms with Gasteiger partial charge in [-0.25, -0.2) is 9.78 Å². The summed E-state index contributed by atoms with van der Waals surface area (Å²) in [7, 11) is 0. The molecule has 28 heavy (non-hydrogen) atoms. The molecule has 0 saturated carbocycles. The molecule has 0 aliphatic heterocycles. The van der Waals surface area contributed by atoms with Gasteiger partial charge in [0.1, 0.15) is 5.75 Å². The SMILES string of the molecule is CCNC(=O)NC(=O)CSc1nc2ccccc2n1-c1ccc(OCC)cc1. The number of nitrogens with zero attached hydrogens (tertiary/aromatic N) is 2. The second-order valence-corrected chi connectivity index (χ2v) is 6.78. The van der Waals surface area contributed by atoms with Gasteiger partial charge in [0.2, 0.25) is 5.91 Å². The molecule has 0 spiro atoms. The van der Waals surface area contributed by atoms with Gasteiger partial charge in [0.05, 0.1) is 23.4 Å². The first-order valence-electron chi connectivity index (χ1n) is 9.03. The van der Waals surface area contributed by atoms with Gasteiger partial charge in [-0.05, 0) is 50.2 Å². The quantitative estimate of drug-likeness (QED) is 0.596. The molecule has 0 atom stereocenters. The van der Waals surface area contributed by atoms with Crippen molar-refractivity contribution in [3.05, 3.63) is 48.5 Å². The number of hydrogen-bond acceptors (Lipinski definition) is 5. The van der Waals surface area contributed by atoms with E-state index >= 15 is 0 Å². The maximum Gasteiger partial charge on any atom is 0.321 e. The van der Waals surface area contributed by atoms with Crippen molar-refractivity contribution in [2.75, 3.05) is 18.9 Å². The highest BCUT2D eigenvalue weighted by atomic mass is 32.2. The van der Waals surface area contributed by atoms with Gasteiger partial charge in [0.25, 0.3) is 0 Å². The molecule has 1 heterocycles. The van der Waals surface area contributed by atoms with Gasteiger partial charge in [-0.2, -0.15) is 0 Å². The number of imidazole rings is 1. The molecular formula is C20H22N4O3S. The number of aromatic nitrogens is 2. The van der Waals surface area contributed by atoms with Crippen LogP contribution in [0.25, 0.3) is 16.7 Å². The lowest BCUT2D eigenvalue weighted by molar-refractivity contribution is -0.117. The Hall–Kier alpha value is -3.00.